The second-order valence-electron chi connectivity index (χ2n) is 5.61. The van der Waals surface area contributed by atoms with Gasteiger partial charge in [0.15, 0.2) is 0 Å². The van der Waals surface area contributed by atoms with Crippen molar-refractivity contribution in [3.8, 4) is 5.75 Å². The van der Waals surface area contributed by atoms with Crippen LogP contribution < -0.4 is 10.5 Å². The number of carbonyl (C=O) groups is 1. The topological polar surface area (TPSA) is 55.6 Å². The summed E-state index contributed by atoms with van der Waals surface area (Å²) in [4.78, 5) is 13.4. The van der Waals surface area contributed by atoms with Crippen molar-refractivity contribution in [2.75, 3.05) is 20.2 Å². The minimum atomic E-state index is -0.224. The van der Waals surface area contributed by atoms with E-state index in [1.165, 1.54) is 5.56 Å². The number of likely N-dealkylation sites (tertiary alicyclic amines) is 1. The van der Waals surface area contributed by atoms with E-state index in [0.717, 1.165) is 38.1 Å². The van der Waals surface area contributed by atoms with Crippen LogP contribution in [0.25, 0.3) is 0 Å². The highest BCUT2D eigenvalue weighted by molar-refractivity contribution is 5.79. The molecular weight excluding hydrogens is 252 g/mol. The van der Waals surface area contributed by atoms with Gasteiger partial charge in [0.25, 0.3) is 0 Å². The Bertz CT molecular complexity index is 436. The molecule has 0 saturated carbocycles. The Labute approximate surface area is 120 Å². The zero-order chi connectivity index (χ0) is 14.5. The van der Waals surface area contributed by atoms with E-state index in [-0.39, 0.29) is 11.9 Å². The average Bonchev–Trinajstić information content (AvgIpc) is 2.48. The van der Waals surface area contributed by atoms with Gasteiger partial charge in [-0.2, -0.15) is 0 Å². The molecule has 0 aliphatic carbocycles. The Balaban J connectivity index is 1.83. The van der Waals surface area contributed by atoms with Gasteiger partial charge >= 0.3 is 0 Å². The van der Waals surface area contributed by atoms with Crippen LogP contribution in [0.3, 0.4) is 0 Å². The first-order valence-electron chi connectivity index (χ1n) is 7.26. The van der Waals surface area contributed by atoms with Crippen LogP contribution in [0.2, 0.25) is 0 Å². The van der Waals surface area contributed by atoms with Gasteiger partial charge in [-0.1, -0.05) is 12.1 Å². The molecule has 1 atom stereocenters. The van der Waals surface area contributed by atoms with Gasteiger partial charge in [0.05, 0.1) is 13.2 Å². The third kappa shape index (κ3) is 3.73. The summed E-state index contributed by atoms with van der Waals surface area (Å²) >= 11 is 0. The van der Waals surface area contributed by atoms with E-state index in [4.69, 9.17) is 10.5 Å². The molecule has 0 bridgehead atoms. The molecule has 1 saturated heterocycles. The molecule has 110 valence electrons. The summed E-state index contributed by atoms with van der Waals surface area (Å²) in [7, 11) is 1.69. The number of piperidine rings is 1. The number of ether oxygens (including phenoxy) is 1. The van der Waals surface area contributed by atoms with E-state index < -0.39 is 0 Å². The fourth-order valence-electron chi connectivity index (χ4n) is 2.82. The maximum absolute atomic E-state index is 11.2. The molecule has 1 aromatic carbocycles. The first-order chi connectivity index (χ1) is 9.60. The lowest BCUT2D eigenvalue weighted by Gasteiger charge is -2.34. The second-order valence-corrected chi connectivity index (χ2v) is 5.61. The standard InChI is InChI=1S/C16H24N2O2/c1-12(16(17)19)18-9-7-14(8-10-18)11-13-3-5-15(20-2)6-4-13/h3-6,12,14H,7-11H2,1-2H3,(H2,17,19)/t12-/m1/s1. The van der Waals surface area contributed by atoms with E-state index in [1.807, 2.05) is 19.1 Å². The number of nitrogens with zero attached hydrogens (tertiary/aromatic N) is 1. The molecule has 2 rings (SSSR count). The number of hydrogen-bond donors (Lipinski definition) is 1. The molecule has 1 amide bonds. The van der Waals surface area contributed by atoms with Crippen molar-refractivity contribution >= 4 is 5.91 Å². The first-order valence-corrected chi connectivity index (χ1v) is 7.26. The highest BCUT2D eigenvalue weighted by Gasteiger charge is 2.25. The second kappa shape index (κ2) is 6.75. The van der Waals surface area contributed by atoms with Crippen molar-refractivity contribution < 1.29 is 9.53 Å². The Kier molecular flexibility index (Phi) is 5.01. The molecule has 1 heterocycles. The van der Waals surface area contributed by atoms with Crippen LogP contribution in [0.4, 0.5) is 0 Å². The maximum Gasteiger partial charge on any atom is 0.234 e. The van der Waals surface area contributed by atoms with Gasteiger partial charge in [-0.15, -0.1) is 0 Å². The summed E-state index contributed by atoms with van der Waals surface area (Å²) in [6.07, 6.45) is 3.36. The number of primary amides is 1. The molecule has 2 N–H and O–H groups in total. The Morgan fingerprint density at radius 2 is 1.95 bits per heavy atom. The molecule has 1 fully saturated rings. The van der Waals surface area contributed by atoms with Crippen LogP contribution in [0.15, 0.2) is 24.3 Å². The van der Waals surface area contributed by atoms with Gasteiger partial charge in [0, 0.05) is 0 Å². The third-order valence-corrected chi connectivity index (χ3v) is 4.29. The van der Waals surface area contributed by atoms with Crippen molar-refractivity contribution in [1.29, 1.82) is 0 Å². The van der Waals surface area contributed by atoms with Gasteiger partial charge < -0.3 is 10.5 Å². The quantitative estimate of drug-likeness (QED) is 0.892. The first kappa shape index (κ1) is 14.9. The fourth-order valence-corrected chi connectivity index (χ4v) is 2.82. The predicted octanol–water partition coefficient (Wildman–Crippen LogP) is 1.82. The van der Waals surface area contributed by atoms with Crippen LogP contribution in [0.1, 0.15) is 25.3 Å². The lowest BCUT2D eigenvalue weighted by molar-refractivity contribution is -0.123. The monoisotopic (exact) mass is 276 g/mol. The molecule has 1 aliphatic rings. The summed E-state index contributed by atoms with van der Waals surface area (Å²) in [5.41, 5.74) is 6.71. The summed E-state index contributed by atoms with van der Waals surface area (Å²) < 4.78 is 5.17. The Morgan fingerprint density at radius 1 is 1.35 bits per heavy atom. The number of benzene rings is 1. The van der Waals surface area contributed by atoms with E-state index in [2.05, 4.69) is 17.0 Å². The molecule has 4 heteroatoms. The largest absolute Gasteiger partial charge is 0.497 e. The maximum atomic E-state index is 11.2. The van der Waals surface area contributed by atoms with Gasteiger partial charge in [-0.05, 0) is 62.9 Å². The van der Waals surface area contributed by atoms with E-state index in [9.17, 15) is 4.79 Å². The Morgan fingerprint density at radius 3 is 2.45 bits per heavy atom. The minimum Gasteiger partial charge on any atom is -0.497 e. The molecule has 4 nitrogen and oxygen atoms in total. The highest BCUT2D eigenvalue weighted by atomic mass is 16.5. The number of rotatable bonds is 5. The van der Waals surface area contributed by atoms with Gasteiger partial charge in [-0.25, -0.2) is 0 Å². The lowest BCUT2D eigenvalue weighted by Crippen LogP contribution is -2.46. The number of nitrogens with two attached hydrogens (primary N) is 1. The summed E-state index contributed by atoms with van der Waals surface area (Å²) in [5, 5.41) is 0. The normalized spacial score (nSPS) is 18.7. The van der Waals surface area contributed by atoms with Gasteiger partial charge in [-0.3, -0.25) is 9.69 Å². The average molecular weight is 276 g/mol. The van der Waals surface area contributed by atoms with E-state index in [0.29, 0.717) is 5.92 Å². The van der Waals surface area contributed by atoms with Crippen LogP contribution >= 0.6 is 0 Å². The zero-order valence-electron chi connectivity index (χ0n) is 12.3. The molecule has 1 aliphatic heterocycles. The van der Waals surface area contributed by atoms with Crippen molar-refractivity contribution in [1.82, 2.24) is 4.90 Å². The number of amides is 1. The highest BCUT2D eigenvalue weighted by Crippen LogP contribution is 2.23. The summed E-state index contributed by atoms with van der Waals surface area (Å²) in [6, 6.07) is 8.16. The molecule has 0 radical (unpaired) electrons. The lowest BCUT2D eigenvalue weighted by atomic mass is 9.89. The molecule has 1 aromatic rings. The summed E-state index contributed by atoms with van der Waals surface area (Å²) in [6.45, 7) is 3.82. The van der Waals surface area contributed by atoms with E-state index in [1.54, 1.807) is 7.11 Å². The van der Waals surface area contributed by atoms with Crippen molar-refractivity contribution in [3.05, 3.63) is 29.8 Å². The molecule has 0 unspecified atom stereocenters. The van der Waals surface area contributed by atoms with Crippen molar-refractivity contribution in [3.63, 3.8) is 0 Å². The van der Waals surface area contributed by atoms with Crippen LogP contribution in [0, 0.1) is 5.92 Å². The van der Waals surface area contributed by atoms with Crippen LogP contribution in [0.5, 0.6) is 5.75 Å². The van der Waals surface area contributed by atoms with Crippen molar-refractivity contribution in [2.45, 2.75) is 32.2 Å². The van der Waals surface area contributed by atoms with E-state index >= 15 is 0 Å². The molecule has 0 spiro atoms. The SMILES string of the molecule is COc1ccc(CC2CCN([C@H](C)C(N)=O)CC2)cc1. The van der Waals surface area contributed by atoms with Crippen LogP contribution in [-0.4, -0.2) is 37.0 Å². The van der Waals surface area contributed by atoms with Gasteiger partial charge in [0.1, 0.15) is 5.75 Å². The van der Waals surface area contributed by atoms with Crippen molar-refractivity contribution in [2.24, 2.45) is 11.7 Å². The Hall–Kier alpha value is -1.55. The minimum absolute atomic E-state index is 0.142. The predicted molar refractivity (Wildman–Crippen MR) is 79.7 cm³/mol. The zero-order valence-corrected chi connectivity index (χ0v) is 12.3. The van der Waals surface area contributed by atoms with Gasteiger partial charge in [0.2, 0.25) is 5.91 Å². The van der Waals surface area contributed by atoms with Crippen LogP contribution in [-0.2, 0) is 11.2 Å². The molecular formula is C16H24N2O2. The molecule has 20 heavy (non-hydrogen) atoms. The number of hydrogen-bond acceptors (Lipinski definition) is 3. The number of methoxy groups -OCH3 is 1. The summed E-state index contributed by atoms with van der Waals surface area (Å²) in [5.74, 6) is 1.37. The number of carbonyl (C=O) groups excluding carboxylic acids is 1. The molecule has 0 aromatic heterocycles. The third-order valence-electron chi connectivity index (χ3n) is 4.29. The smallest absolute Gasteiger partial charge is 0.234 e. The fraction of sp³-hybridized carbons (Fsp3) is 0.562.